The van der Waals surface area contributed by atoms with Gasteiger partial charge in [0.25, 0.3) is 0 Å². The number of hydrogen-bond acceptors (Lipinski definition) is 2. The molecule has 94 valence electrons. The Balaban J connectivity index is 2.36. The fourth-order valence-corrected chi connectivity index (χ4v) is 2.60. The SMILES string of the molecule is CCCNC1CCCOc2c(Cl)ccc(C)c21. The summed E-state index contributed by atoms with van der Waals surface area (Å²) in [6.07, 6.45) is 3.34. The highest BCUT2D eigenvalue weighted by Gasteiger charge is 2.23. The van der Waals surface area contributed by atoms with E-state index in [1.165, 1.54) is 11.1 Å². The minimum atomic E-state index is 0.381. The maximum Gasteiger partial charge on any atom is 0.142 e. The lowest BCUT2D eigenvalue weighted by molar-refractivity contribution is 0.315. The molecular formula is C14H20ClNO. The van der Waals surface area contributed by atoms with Gasteiger partial charge in [0.2, 0.25) is 0 Å². The third-order valence-corrected chi connectivity index (χ3v) is 3.54. The van der Waals surface area contributed by atoms with E-state index in [9.17, 15) is 0 Å². The summed E-state index contributed by atoms with van der Waals surface area (Å²) in [4.78, 5) is 0. The van der Waals surface area contributed by atoms with E-state index >= 15 is 0 Å². The molecule has 0 saturated heterocycles. The van der Waals surface area contributed by atoms with Crippen molar-refractivity contribution >= 4 is 11.6 Å². The van der Waals surface area contributed by atoms with Gasteiger partial charge in [-0.15, -0.1) is 0 Å². The molecule has 1 unspecified atom stereocenters. The summed E-state index contributed by atoms with van der Waals surface area (Å²) in [7, 11) is 0. The molecule has 0 aliphatic carbocycles. The third-order valence-electron chi connectivity index (χ3n) is 3.24. The lowest BCUT2D eigenvalue weighted by Crippen LogP contribution is -2.22. The van der Waals surface area contributed by atoms with Crippen LogP contribution in [-0.4, -0.2) is 13.2 Å². The zero-order chi connectivity index (χ0) is 12.3. The van der Waals surface area contributed by atoms with E-state index in [0.29, 0.717) is 6.04 Å². The van der Waals surface area contributed by atoms with Gasteiger partial charge in [-0.1, -0.05) is 24.6 Å². The molecule has 0 fully saturated rings. The van der Waals surface area contributed by atoms with E-state index in [4.69, 9.17) is 16.3 Å². The van der Waals surface area contributed by atoms with Crippen LogP contribution in [0.1, 0.15) is 43.4 Å². The van der Waals surface area contributed by atoms with E-state index in [1.54, 1.807) is 0 Å². The van der Waals surface area contributed by atoms with Gasteiger partial charge in [0.1, 0.15) is 5.75 Å². The molecule has 17 heavy (non-hydrogen) atoms. The number of halogens is 1. The van der Waals surface area contributed by atoms with Crippen LogP contribution < -0.4 is 10.1 Å². The number of fused-ring (bicyclic) bond motifs is 1. The zero-order valence-electron chi connectivity index (χ0n) is 10.6. The Labute approximate surface area is 108 Å². The summed E-state index contributed by atoms with van der Waals surface area (Å²) in [5.74, 6) is 0.887. The first kappa shape index (κ1) is 12.7. The predicted octanol–water partition coefficient (Wildman–Crippen LogP) is 3.86. The van der Waals surface area contributed by atoms with E-state index < -0.39 is 0 Å². The molecule has 0 bridgehead atoms. The van der Waals surface area contributed by atoms with Crippen LogP contribution in [0.15, 0.2) is 12.1 Å². The molecular weight excluding hydrogens is 234 g/mol. The van der Waals surface area contributed by atoms with Crippen molar-refractivity contribution in [3.05, 3.63) is 28.3 Å². The van der Waals surface area contributed by atoms with Gasteiger partial charge < -0.3 is 10.1 Å². The molecule has 0 spiro atoms. The largest absolute Gasteiger partial charge is 0.492 e. The van der Waals surface area contributed by atoms with E-state index in [1.807, 2.05) is 6.07 Å². The topological polar surface area (TPSA) is 21.3 Å². The van der Waals surface area contributed by atoms with E-state index in [0.717, 1.165) is 43.2 Å². The lowest BCUT2D eigenvalue weighted by atomic mass is 9.97. The Hall–Kier alpha value is -0.730. The van der Waals surface area contributed by atoms with Gasteiger partial charge >= 0.3 is 0 Å². The van der Waals surface area contributed by atoms with E-state index in [2.05, 4.69) is 25.2 Å². The summed E-state index contributed by atoms with van der Waals surface area (Å²) in [6, 6.07) is 4.39. The Kier molecular flexibility index (Phi) is 4.30. The molecule has 1 aliphatic heterocycles. The second-order valence-electron chi connectivity index (χ2n) is 4.60. The standard InChI is InChI=1S/C14H20ClNO/c1-3-8-16-12-5-4-9-17-14-11(15)7-6-10(2)13(12)14/h6-7,12,16H,3-5,8-9H2,1-2H3. The van der Waals surface area contributed by atoms with E-state index in [-0.39, 0.29) is 0 Å². The summed E-state index contributed by atoms with van der Waals surface area (Å²) in [5.41, 5.74) is 2.52. The molecule has 3 heteroatoms. The molecule has 1 aromatic rings. The van der Waals surface area contributed by atoms with Gasteiger partial charge in [-0.05, 0) is 44.4 Å². The van der Waals surface area contributed by atoms with Crippen LogP contribution in [0.5, 0.6) is 5.75 Å². The fraction of sp³-hybridized carbons (Fsp3) is 0.571. The van der Waals surface area contributed by atoms with Crippen LogP contribution in [0.3, 0.4) is 0 Å². The fourth-order valence-electron chi connectivity index (χ4n) is 2.38. The van der Waals surface area contributed by atoms with Gasteiger partial charge in [-0.2, -0.15) is 0 Å². The predicted molar refractivity (Wildman–Crippen MR) is 72.0 cm³/mol. The highest BCUT2D eigenvalue weighted by molar-refractivity contribution is 6.32. The third kappa shape index (κ3) is 2.75. The molecule has 2 nitrogen and oxygen atoms in total. The molecule has 1 aliphatic rings. The summed E-state index contributed by atoms with van der Waals surface area (Å²) in [5, 5.41) is 4.33. The molecule has 0 radical (unpaired) electrons. The molecule has 1 aromatic carbocycles. The second-order valence-corrected chi connectivity index (χ2v) is 5.01. The average molecular weight is 254 g/mol. The van der Waals surface area contributed by atoms with Crippen molar-refractivity contribution in [3.63, 3.8) is 0 Å². The molecule has 1 atom stereocenters. The van der Waals surface area contributed by atoms with Crippen molar-refractivity contribution in [3.8, 4) is 5.75 Å². The monoisotopic (exact) mass is 253 g/mol. The molecule has 2 rings (SSSR count). The van der Waals surface area contributed by atoms with Crippen molar-refractivity contribution in [2.45, 2.75) is 39.2 Å². The first-order valence-corrected chi connectivity index (χ1v) is 6.77. The number of ether oxygens (including phenoxy) is 1. The summed E-state index contributed by atoms with van der Waals surface area (Å²) >= 11 is 6.23. The Morgan fingerprint density at radius 1 is 1.47 bits per heavy atom. The van der Waals surface area contributed by atoms with Crippen molar-refractivity contribution in [2.24, 2.45) is 0 Å². The summed E-state index contributed by atoms with van der Waals surface area (Å²) in [6.45, 7) is 6.12. The Morgan fingerprint density at radius 3 is 3.06 bits per heavy atom. The maximum atomic E-state index is 6.23. The quantitative estimate of drug-likeness (QED) is 0.883. The number of benzene rings is 1. The first-order chi connectivity index (χ1) is 8.24. The number of hydrogen-bond donors (Lipinski definition) is 1. The lowest BCUT2D eigenvalue weighted by Gasteiger charge is -2.21. The van der Waals surface area contributed by atoms with Gasteiger partial charge in [0.05, 0.1) is 11.6 Å². The van der Waals surface area contributed by atoms with Gasteiger partial charge in [-0.25, -0.2) is 0 Å². The number of aryl methyl sites for hydroxylation is 1. The normalized spacial score (nSPS) is 19.4. The highest BCUT2D eigenvalue weighted by Crippen LogP contribution is 2.39. The molecule has 1 N–H and O–H groups in total. The van der Waals surface area contributed by atoms with Gasteiger partial charge in [0.15, 0.2) is 0 Å². The van der Waals surface area contributed by atoms with Crippen molar-refractivity contribution in [1.82, 2.24) is 5.32 Å². The van der Waals surface area contributed by atoms with Crippen molar-refractivity contribution in [1.29, 1.82) is 0 Å². The molecule has 1 heterocycles. The molecule has 0 saturated carbocycles. The average Bonchev–Trinajstić information content (AvgIpc) is 2.54. The highest BCUT2D eigenvalue weighted by atomic mass is 35.5. The van der Waals surface area contributed by atoms with Gasteiger partial charge in [0, 0.05) is 11.6 Å². The smallest absolute Gasteiger partial charge is 0.142 e. The molecule has 0 aromatic heterocycles. The molecule has 0 amide bonds. The number of rotatable bonds is 3. The minimum absolute atomic E-state index is 0.381. The van der Waals surface area contributed by atoms with Crippen LogP contribution in [0.2, 0.25) is 5.02 Å². The minimum Gasteiger partial charge on any atom is -0.492 e. The van der Waals surface area contributed by atoms with Crippen LogP contribution in [-0.2, 0) is 0 Å². The van der Waals surface area contributed by atoms with Crippen LogP contribution in [0.25, 0.3) is 0 Å². The van der Waals surface area contributed by atoms with Gasteiger partial charge in [-0.3, -0.25) is 0 Å². The first-order valence-electron chi connectivity index (χ1n) is 6.39. The van der Waals surface area contributed by atoms with Crippen LogP contribution >= 0.6 is 11.6 Å². The summed E-state index contributed by atoms with van der Waals surface area (Å²) < 4.78 is 5.80. The van der Waals surface area contributed by atoms with Crippen molar-refractivity contribution < 1.29 is 4.74 Å². The van der Waals surface area contributed by atoms with Crippen molar-refractivity contribution in [2.75, 3.05) is 13.2 Å². The number of nitrogens with one attached hydrogen (secondary N) is 1. The van der Waals surface area contributed by atoms with Crippen LogP contribution in [0, 0.1) is 6.92 Å². The Morgan fingerprint density at radius 2 is 2.29 bits per heavy atom. The maximum absolute atomic E-state index is 6.23. The second kappa shape index (κ2) is 5.74. The Bertz CT molecular complexity index is 392. The van der Waals surface area contributed by atoms with Crippen LogP contribution in [0.4, 0.5) is 0 Å². The zero-order valence-corrected chi connectivity index (χ0v) is 11.3.